The zero-order chi connectivity index (χ0) is 12.4. The molecular weight excluding hydrogens is 218 g/mol. The molecule has 0 aliphatic carbocycles. The normalized spacial score (nSPS) is 13.2. The fraction of sp³-hybridized carbons (Fsp3) is 0.250. The number of amides is 2. The SMILES string of the molecule is CN1Cc2cccc(NC(=O)CC#N)c2C1=O. The van der Waals surface area contributed by atoms with E-state index in [1.807, 2.05) is 6.07 Å². The first-order valence-corrected chi connectivity index (χ1v) is 5.17. The fourth-order valence-electron chi connectivity index (χ4n) is 1.87. The number of anilines is 1. The quantitative estimate of drug-likeness (QED) is 0.826. The van der Waals surface area contributed by atoms with E-state index < -0.39 is 5.91 Å². The van der Waals surface area contributed by atoms with E-state index in [1.165, 1.54) is 0 Å². The zero-order valence-electron chi connectivity index (χ0n) is 9.36. The van der Waals surface area contributed by atoms with E-state index in [1.54, 1.807) is 30.1 Å². The highest BCUT2D eigenvalue weighted by atomic mass is 16.2. The first kappa shape index (κ1) is 11.1. The average Bonchev–Trinajstić information content (AvgIpc) is 2.56. The minimum Gasteiger partial charge on any atom is -0.337 e. The van der Waals surface area contributed by atoms with Gasteiger partial charge < -0.3 is 10.2 Å². The summed E-state index contributed by atoms with van der Waals surface area (Å²) < 4.78 is 0. The lowest BCUT2D eigenvalue weighted by Crippen LogP contribution is -2.19. The number of rotatable bonds is 2. The summed E-state index contributed by atoms with van der Waals surface area (Å²) in [6, 6.07) is 7.08. The lowest BCUT2D eigenvalue weighted by molar-refractivity contribution is -0.115. The predicted octanol–water partition coefficient (Wildman–Crippen LogP) is 1.12. The van der Waals surface area contributed by atoms with Crippen molar-refractivity contribution in [3.8, 4) is 6.07 Å². The molecule has 17 heavy (non-hydrogen) atoms. The zero-order valence-corrected chi connectivity index (χ0v) is 9.36. The summed E-state index contributed by atoms with van der Waals surface area (Å²) in [7, 11) is 1.71. The third-order valence-electron chi connectivity index (χ3n) is 2.63. The Kier molecular flexibility index (Phi) is 2.79. The molecule has 2 rings (SSSR count). The minimum atomic E-state index is -0.400. The monoisotopic (exact) mass is 229 g/mol. The largest absolute Gasteiger partial charge is 0.337 e. The molecular formula is C12H11N3O2. The van der Waals surface area contributed by atoms with Crippen LogP contribution in [0.2, 0.25) is 0 Å². The molecule has 1 aliphatic rings. The minimum absolute atomic E-state index is 0.104. The van der Waals surface area contributed by atoms with Crippen LogP contribution in [-0.2, 0) is 11.3 Å². The maximum atomic E-state index is 11.9. The molecule has 5 heteroatoms. The van der Waals surface area contributed by atoms with Crippen molar-refractivity contribution in [3.05, 3.63) is 29.3 Å². The smallest absolute Gasteiger partial charge is 0.256 e. The first-order valence-electron chi connectivity index (χ1n) is 5.17. The number of carbonyl (C=O) groups excluding carboxylic acids is 2. The van der Waals surface area contributed by atoms with Crippen molar-refractivity contribution in [1.29, 1.82) is 5.26 Å². The Labute approximate surface area is 98.6 Å². The molecule has 0 spiro atoms. The first-order chi connectivity index (χ1) is 8.13. The summed E-state index contributed by atoms with van der Waals surface area (Å²) >= 11 is 0. The second kappa shape index (κ2) is 4.26. The maximum absolute atomic E-state index is 11.9. The maximum Gasteiger partial charge on any atom is 0.256 e. The Morgan fingerprint density at radius 3 is 3.06 bits per heavy atom. The van der Waals surface area contributed by atoms with Crippen molar-refractivity contribution in [3.63, 3.8) is 0 Å². The van der Waals surface area contributed by atoms with Gasteiger partial charge in [-0.05, 0) is 11.6 Å². The van der Waals surface area contributed by atoms with Gasteiger partial charge in [0.2, 0.25) is 5.91 Å². The molecule has 0 atom stereocenters. The Balaban J connectivity index is 2.32. The van der Waals surface area contributed by atoms with Gasteiger partial charge in [-0.15, -0.1) is 0 Å². The second-order valence-corrected chi connectivity index (χ2v) is 3.88. The Morgan fingerprint density at radius 1 is 1.59 bits per heavy atom. The van der Waals surface area contributed by atoms with Crippen LogP contribution in [-0.4, -0.2) is 23.8 Å². The second-order valence-electron chi connectivity index (χ2n) is 3.88. The van der Waals surface area contributed by atoms with Crippen molar-refractivity contribution >= 4 is 17.5 Å². The highest BCUT2D eigenvalue weighted by molar-refractivity contribution is 6.06. The van der Waals surface area contributed by atoms with Gasteiger partial charge in [0.15, 0.2) is 0 Å². The van der Waals surface area contributed by atoms with Gasteiger partial charge in [0, 0.05) is 13.6 Å². The van der Waals surface area contributed by atoms with Crippen molar-refractivity contribution in [2.75, 3.05) is 12.4 Å². The van der Waals surface area contributed by atoms with E-state index in [2.05, 4.69) is 5.32 Å². The Morgan fingerprint density at radius 2 is 2.35 bits per heavy atom. The van der Waals surface area contributed by atoms with Gasteiger partial charge in [-0.2, -0.15) is 5.26 Å². The number of hydrogen-bond acceptors (Lipinski definition) is 3. The van der Waals surface area contributed by atoms with Crippen LogP contribution in [0.3, 0.4) is 0 Å². The topological polar surface area (TPSA) is 73.2 Å². The lowest BCUT2D eigenvalue weighted by Gasteiger charge is -2.08. The summed E-state index contributed by atoms with van der Waals surface area (Å²) in [5.74, 6) is -0.504. The van der Waals surface area contributed by atoms with Gasteiger partial charge in [0.25, 0.3) is 5.91 Å². The van der Waals surface area contributed by atoms with Crippen molar-refractivity contribution in [1.82, 2.24) is 4.90 Å². The van der Waals surface area contributed by atoms with Gasteiger partial charge in [-0.3, -0.25) is 9.59 Å². The van der Waals surface area contributed by atoms with E-state index in [4.69, 9.17) is 5.26 Å². The van der Waals surface area contributed by atoms with E-state index in [0.717, 1.165) is 5.56 Å². The van der Waals surface area contributed by atoms with Gasteiger partial charge in [0.1, 0.15) is 6.42 Å². The summed E-state index contributed by atoms with van der Waals surface area (Å²) in [6.45, 7) is 0.552. The highest BCUT2D eigenvalue weighted by Crippen LogP contribution is 2.28. The van der Waals surface area contributed by atoms with Crippen LogP contribution in [0.15, 0.2) is 18.2 Å². The Bertz CT molecular complexity index is 531. The number of hydrogen-bond donors (Lipinski definition) is 1. The molecule has 0 aromatic heterocycles. The molecule has 2 amide bonds. The van der Waals surface area contributed by atoms with Crippen LogP contribution in [0.1, 0.15) is 22.3 Å². The Hall–Kier alpha value is -2.35. The van der Waals surface area contributed by atoms with Crippen LogP contribution in [0, 0.1) is 11.3 Å². The number of benzene rings is 1. The molecule has 1 aliphatic heterocycles. The molecule has 86 valence electrons. The molecule has 0 radical (unpaired) electrons. The van der Waals surface area contributed by atoms with Crippen molar-refractivity contribution < 1.29 is 9.59 Å². The molecule has 5 nitrogen and oxygen atoms in total. The van der Waals surface area contributed by atoms with Crippen LogP contribution >= 0.6 is 0 Å². The number of fused-ring (bicyclic) bond motifs is 1. The van der Waals surface area contributed by atoms with Gasteiger partial charge in [0.05, 0.1) is 17.3 Å². The highest BCUT2D eigenvalue weighted by Gasteiger charge is 2.27. The molecule has 0 saturated heterocycles. The number of carbonyl (C=O) groups is 2. The van der Waals surface area contributed by atoms with Crippen molar-refractivity contribution in [2.24, 2.45) is 0 Å². The van der Waals surface area contributed by atoms with E-state index in [0.29, 0.717) is 17.8 Å². The summed E-state index contributed by atoms with van der Waals surface area (Å²) in [6.07, 6.45) is -0.215. The van der Waals surface area contributed by atoms with Gasteiger partial charge in [-0.25, -0.2) is 0 Å². The fourth-order valence-corrected chi connectivity index (χ4v) is 1.87. The summed E-state index contributed by atoms with van der Waals surface area (Å²) in [5, 5.41) is 11.0. The molecule has 0 saturated carbocycles. The third kappa shape index (κ3) is 1.97. The van der Waals surface area contributed by atoms with E-state index in [-0.39, 0.29) is 12.3 Å². The van der Waals surface area contributed by atoms with Crippen LogP contribution in [0.4, 0.5) is 5.69 Å². The molecule has 1 N–H and O–H groups in total. The average molecular weight is 229 g/mol. The summed E-state index contributed by atoms with van der Waals surface area (Å²) in [5.41, 5.74) is 1.91. The van der Waals surface area contributed by atoms with Crippen LogP contribution < -0.4 is 5.32 Å². The van der Waals surface area contributed by atoms with Crippen LogP contribution in [0.25, 0.3) is 0 Å². The molecule has 1 aromatic rings. The number of nitriles is 1. The summed E-state index contributed by atoms with van der Waals surface area (Å²) in [4.78, 5) is 24.8. The third-order valence-corrected chi connectivity index (χ3v) is 2.63. The van der Waals surface area contributed by atoms with Crippen molar-refractivity contribution in [2.45, 2.75) is 13.0 Å². The number of nitrogens with one attached hydrogen (secondary N) is 1. The van der Waals surface area contributed by atoms with E-state index in [9.17, 15) is 9.59 Å². The molecule has 1 aromatic carbocycles. The lowest BCUT2D eigenvalue weighted by atomic mass is 10.1. The van der Waals surface area contributed by atoms with Gasteiger partial charge >= 0.3 is 0 Å². The predicted molar refractivity (Wildman–Crippen MR) is 61.1 cm³/mol. The standard InChI is InChI=1S/C12H11N3O2/c1-15-7-8-3-2-4-9(11(8)12(15)17)14-10(16)5-6-13/h2-4H,5,7H2,1H3,(H,14,16). The van der Waals surface area contributed by atoms with Gasteiger partial charge in [-0.1, -0.05) is 12.1 Å². The number of nitrogens with zero attached hydrogens (tertiary/aromatic N) is 2. The van der Waals surface area contributed by atoms with E-state index >= 15 is 0 Å². The van der Waals surface area contributed by atoms with Crippen LogP contribution in [0.5, 0.6) is 0 Å². The molecule has 0 unspecified atom stereocenters. The molecule has 0 fully saturated rings. The molecule has 0 bridgehead atoms. The molecule has 1 heterocycles.